The van der Waals surface area contributed by atoms with Gasteiger partial charge in [-0.25, -0.2) is 0 Å². The lowest BCUT2D eigenvalue weighted by atomic mass is 10.1. The first-order valence-corrected chi connectivity index (χ1v) is 7.01. The molecule has 0 radical (unpaired) electrons. The monoisotopic (exact) mass is 316 g/mol. The minimum atomic E-state index is -0.237. The Kier molecular flexibility index (Phi) is 5.30. The van der Waals surface area contributed by atoms with E-state index in [1.165, 1.54) is 0 Å². The molecule has 0 aliphatic heterocycles. The lowest BCUT2D eigenvalue weighted by molar-refractivity contribution is 0.102. The number of ether oxygens (including phenoxy) is 3. The van der Waals surface area contributed by atoms with Gasteiger partial charge < -0.3 is 24.8 Å². The van der Waals surface area contributed by atoms with Crippen molar-refractivity contribution in [3.05, 3.63) is 42.0 Å². The van der Waals surface area contributed by atoms with Crippen molar-refractivity contribution in [3.8, 4) is 17.2 Å². The highest BCUT2D eigenvalue weighted by molar-refractivity contribution is 6.05. The van der Waals surface area contributed by atoms with Gasteiger partial charge >= 0.3 is 0 Å². The Hall–Kier alpha value is -2.89. The molecule has 0 unspecified atom stereocenters. The lowest BCUT2D eigenvalue weighted by Crippen LogP contribution is -2.12. The summed E-state index contributed by atoms with van der Waals surface area (Å²) in [6.07, 6.45) is 0. The molecule has 2 aromatic rings. The third-order valence-electron chi connectivity index (χ3n) is 3.34. The van der Waals surface area contributed by atoms with Gasteiger partial charge in [-0.2, -0.15) is 0 Å². The smallest absolute Gasteiger partial charge is 0.255 e. The van der Waals surface area contributed by atoms with E-state index in [4.69, 9.17) is 14.2 Å². The Bertz CT molecular complexity index is 679. The molecule has 6 heteroatoms. The minimum Gasteiger partial charge on any atom is -0.497 e. The molecule has 0 aromatic heterocycles. The largest absolute Gasteiger partial charge is 0.497 e. The van der Waals surface area contributed by atoms with Gasteiger partial charge in [0.25, 0.3) is 5.91 Å². The molecule has 6 nitrogen and oxygen atoms in total. The van der Waals surface area contributed by atoms with Crippen molar-refractivity contribution >= 4 is 17.3 Å². The maximum Gasteiger partial charge on any atom is 0.255 e. The van der Waals surface area contributed by atoms with Crippen LogP contribution in [0.15, 0.2) is 36.4 Å². The molecule has 0 bridgehead atoms. The number of anilines is 2. The topological polar surface area (TPSA) is 68.8 Å². The Morgan fingerprint density at radius 3 is 2.09 bits per heavy atom. The van der Waals surface area contributed by atoms with Gasteiger partial charge in [0.15, 0.2) is 0 Å². The zero-order chi connectivity index (χ0) is 16.8. The van der Waals surface area contributed by atoms with Crippen molar-refractivity contribution in [2.45, 2.75) is 0 Å². The molecule has 0 aliphatic rings. The highest BCUT2D eigenvalue weighted by atomic mass is 16.5. The summed E-state index contributed by atoms with van der Waals surface area (Å²) >= 11 is 0. The lowest BCUT2D eigenvalue weighted by Gasteiger charge is -2.12. The van der Waals surface area contributed by atoms with Crippen LogP contribution < -0.4 is 24.8 Å². The fourth-order valence-electron chi connectivity index (χ4n) is 2.13. The minimum absolute atomic E-state index is 0.237. The maximum atomic E-state index is 12.4. The first-order valence-electron chi connectivity index (χ1n) is 7.01. The van der Waals surface area contributed by atoms with Crippen LogP contribution in [0.1, 0.15) is 10.4 Å². The molecule has 0 heterocycles. The average molecular weight is 316 g/mol. The molecule has 0 fully saturated rings. The van der Waals surface area contributed by atoms with Crippen LogP contribution in [0.3, 0.4) is 0 Å². The molecular weight excluding hydrogens is 296 g/mol. The number of hydrogen-bond donors (Lipinski definition) is 2. The zero-order valence-electron chi connectivity index (χ0n) is 13.6. The van der Waals surface area contributed by atoms with Gasteiger partial charge in [-0.15, -0.1) is 0 Å². The summed E-state index contributed by atoms with van der Waals surface area (Å²) in [5.41, 5.74) is 1.84. The second-order valence-corrected chi connectivity index (χ2v) is 4.72. The van der Waals surface area contributed by atoms with Crippen molar-refractivity contribution in [1.29, 1.82) is 0 Å². The van der Waals surface area contributed by atoms with Crippen LogP contribution in [0, 0.1) is 0 Å². The number of hydrogen-bond acceptors (Lipinski definition) is 5. The summed E-state index contributed by atoms with van der Waals surface area (Å²) in [4.78, 5) is 12.4. The summed E-state index contributed by atoms with van der Waals surface area (Å²) < 4.78 is 15.6. The highest BCUT2D eigenvalue weighted by Crippen LogP contribution is 2.28. The van der Waals surface area contributed by atoms with Gasteiger partial charge in [0.2, 0.25) is 0 Å². The third-order valence-corrected chi connectivity index (χ3v) is 3.34. The van der Waals surface area contributed by atoms with E-state index in [0.29, 0.717) is 28.5 Å². The Labute approximate surface area is 135 Å². The molecule has 1 amide bonds. The standard InChI is InChI=1S/C17H20N2O4/c1-18-15-7-11(5-6-16(15)23-4)17(20)19-12-8-13(21-2)10-14(9-12)22-3/h5-10,18H,1-4H3,(H,19,20). The summed E-state index contributed by atoms with van der Waals surface area (Å²) in [5, 5.41) is 5.83. The average Bonchev–Trinajstić information content (AvgIpc) is 2.60. The number of benzene rings is 2. The van der Waals surface area contributed by atoms with E-state index >= 15 is 0 Å². The van der Waals surface area contributed by atoms with E-state index in [1.54, 1.807) is 64.8 Å². The van der Waals surface area contributed by atoms with Gasteiger partial charge in [-0.05, 0) is 18.2 Å². The SMILES string of the molecule is CNc1cc(C(=O)Nc2cc(OC)cc(OC)c2)ccc1OC. The summed E-state index contributed by atoms with van der Waals surface area (Å²) in [5.74, 6) is 1.64. The van der Waals surface area contributed by atoms with Crippen LogP contribution in [0.5, 0.6) is 17.2 Å². The van der Waals surface area contributed by atoms with Crippen LogP contribution in [-0.2, 0) is 0 Å². The molecule has 0 spiro atoms. The van der Waals surface area contributed by atoms with Crippen LogP contribution in [-0.4, -0.2) is 34.3 Å². The van der Waals surface area contributed by atoms with Crippen molar-refractivity contribution < 1.29 is 19.0 Å². The van der Waals surface area contributed by atoms with Gasteiger partial charge in [0, 0.05) is 36.5 Å². The van der Waals surface area contributed by atoms with E-state index in [9.17, 15) is 4.79 Å². The quantitative estimate of drug-likeness (QED) is 0.857. The molecule has 0 atom stereocenters. The number of methoxy groups -OCH3 is 3. The first kappa shape index (κ1) is 16.5. The van der Waals surface area contributed by atoms with Gasteiger partial charge in [-0.3, -0.25) is 4.79 Å². The summed E-state index contributed by atoms with van der Waals surface area (Å²) in [7, 11) is 6.47. The molecule has 0 aliphatic carbocycles. The number of rotatable bonds is 6. The molecule has 23 heavy (non-hydrogen) atoms. The molecule has 0 saturated heterocycles. The van der Waals surface area contributed by atoms with Crippen LogP contribution in [0.25, 0.3) is 0 Å². The van der Waals surface area contributed by atoms with E-state index in [-0.39, 0.29) is 5.91 Å². The number of carbonyl (C=O) groups is 1. The van der Waals surface area contributed by atoms with Crippen molar-refractivity contribution in [2.24, 2.45) is 0 Å². The van der Waals surface area contributed by atoms with Crippen molar-refractivity contribution in [3.63, 3.8) is 0 Å². The van der Waals surface area contributed by atoms with E-state index in [0.717, 1.165) is 5.69 Å². The number of amides is 1. The van der Waals surface area contributed by atoms with Crippen LogP contribution in [0.2, 0.25) is 0 Å². The van der Waals surface area contributed by atoms with E-state index in [2.05, 4.69) is 10.6 Å². The highest BCUT2D eigenvalue weighted by Gasteiger charge is 2.11. The first-order chi connectivity index (χ1) is 11.1. The molecule has 2 rings (SSSR count). The van der Waals surface area contributed by atoms with Crippen molar-refractivity contribution in [2.75, 3.05) is 39.0 Å². The van der Waals surface area contributed by atoms with Gasteiger partial charge in [0.1, 0.15) is 17.2 Å². The fraction of sp³-hybridized carbons (Fsp3) is 0.235. The normalized spacial score (nSPS) is 9.91. The van der Waals surface area contributed by atoms with Gasteiger partial charge in [-0.1, -0.05) is 0 Å². The molecule has 0 saturated carbocycles. The molecule has 122 valence electrons. The number of carbonyl (C=O) groups excluding carboxylic acids is 1. The Morgan fingerprint density at radius 1 is 0.913 bits per heavy atom. The van der Waals surface area contributed by atoms with Gasteiger partial charge in [0.05, 0.1) is 27.0 Å². The fourth-order valence-corrected chi connectivity index (χ4v) is 2.13. The van der Waals surface area contributed by atoms with Crippen LogP contribution >= 0.6 is 0 Å². The predicted octanol–water partition coefficient (Wildman–Crippen LogP) is 3.01. The maximum absolute atomic E-state index is 12.4. The third kappa shape index (κ3) is 3.85. The molecular formula is C17H20N2O4. The second-order valence-electron chi connectivity index (χ2n) is 4.72. The van der Waals surface area contributed by atoms with Crippen molar-refractivity contribution in [1.82, 2.24) is 0 Å². The summed E-state index contributed by atoms with van der Waals surface area (Å²) in [6, 6.07) is 10.4. The second kappa shape index (κ2) is 7.40. The zero-order valence-corrected chi connectivity index (χ0v) is 13.6. The van der Waals surface area contributed by atoms with E-state index in [1.807, 2.05) is 0 Å². The Balaban J connectivity index is 2.25. The molecule has 2 aromatic carbocycles. The van der Waals surface area contributed by atoms with Crippen LogP contribution in [0.4, 0.5) is 11.4 Å². The molecule has 2 N–H and O–H groups in total. The number of nitrogens with one attached hydrogen (secondary N) is 2. The Morgan fingerprint density at radius 2 is 1.57 bits per heavy atom. The summed E-state index contributed by atoms with van der Waals surface area (Å²) in [6.45, 7) is 0. The van der Waals surface area contributed by atoms with E-state index < -0.39 is 0 Å². The predicted molar refractivity (Wildman–Crippen MR) is 90.0 cm³/mol.